The summed E-state index contributed by atoms with van der Waals surface area (Å²) in [4.78, 5) is 19.4. The highest BCUT2D eigenvalue weighted by molar-refractivity contribution is 9.10. The van der Waals surface area contributed by atoms with Crippen molar-refractivity contribution < 1.29 is 4.79 Å². The highest BCUT2D eigenvalue weighted by Crippen LogP contribution is 2.27. The summed E-state index contributed by atoms with van der Waals surface area (Å²) in [5, 5.41) is 2.58. The Hall–Kier alpha value is -1.47. The van der Waals surface area contributed by atoms with Gasteiger partial charge in [-0.3, -0.25) is 4.79 Å². The molecule has 2 heterocycles. The molecule has 0 saturated heterocycles. The minimum absolute atomic E-state index is 0.195. The van der Waals surface area contributed by atoms with Gasteiger partial charge in [0.25, 0.3) is 5.91 Å². The summed E-state index contributed by atoms with van der Waals surface area (Å²) < 4.78 is 0.338. The maximum atomic E-state index is 11.1. The number of halogens is 1. The zero-order valence-corrected chi connectivity index (χ0v) is 10.4. The van der Waals surface area contributed by atoms with E-state index in [0.29, 0.717) is 16.0 Å². The summed E-state index contributed by atoms with van der Waals surface area (Å²) in [7, 11) is 0. The molecule has 0 atom stereocenters. The molecule has 2 aromatic heterocycles. The van der Waals surface area contributed by atoms with Crippen molar-refractivity contribution in [3.63, 3.8) is 0 Å². The first kappa shape index (κ1) is 11.0. The molecular formula is C9H7BrN4OS. The number of thiazole rings is 1. The summed E-state index contributed by atoms with van der Waals surface area (Å²) in [5.41, 5.74) is 12.0. The molecule has 0 fully saturated rings. The van der Waals surface area contributed by atoms with Gasteiger partial charge in [-0.25, -0.2) is 9.97 Å². The van der Waals surface area contributed by atoms with Crippen LogP contribution in [0.15, 0.2) is 22.2 Å². The normalized spacial score (nSPS) is 10.3. The van der Waals surface area contributed by atoms with Crippen LogP contribution in [0.5, 0.6) is 0 Å². The van der Waals surface area contributed by atoms with Crippen molar-refractivity contribution in [3.8, 4) is 10.7 Å². The molecule has 5 nitrogen and oxygen atoms in total. The van der Waals surface area contributed by atoms with Crippen LogP contribution in [0.1, 0.15) is 10.4 Å². The van der Waals surface area contributed by atoms with E-state index in [1.807, 2.05) is 5.38 Å². The predicted octanol–water partition coefficient (Wildman–Crippen LogP) is 1.65. The summed E-state index contributed by atoms with van der Waals surface area (Å²) >= 11 is 4.61. The van der Waals surface area contributed by atoms with Crippen molar-refractivity contribution in [3.05, 3.63) is 27.8 Å². The molecule has 2 aromatic rings. The third kappa shape index (κ3) is 1.91. The second kappa shape index (κ2) is 4.18. The molecule has 0 spiro atoms. The number of carbonyl (C=O) groups excluding carboxylic acids is 1. The summed E-state index contributed by atoms with van der Waals surface area (Å²) in [6.45, 7) is 0. The van der Waals surface area contributed by atoms with Crippen molar-refractivity contribution in [2.75, 3.05) is 5.73 Å². The van der Waals surface area contributed by atoms with E-state index in [1.54, 1.807) is 12.3 Å². The number of hydrogen-bond acceptors (Lipinski definition) is 5. The Labute approximate surface area is 104 Å². The van der Waals surface area contributed by atoms with Gasteiger partial charge in [0.15, 0.2) is 0 Å². The summed E-state index contributed by atoms with van der Waals surface area (Å²) in [5.74, 6) is -0.609. The van der Waals surface area contributed by atoms with E-state index in [9.17, 15) is 4.79 Å². The quantitative estimate of drug-likeness (QED) is 0.824. The van der Waals surface area contributed by atoms with E-state index in [2.05, 4.69) is 25.9 Å². The van der Waals surface area contributed by atoms with E-state index in [1.165, 1.54) is 11.3 Å². The molecule has 0 aromatic carbocycles. The fourth-order valence-electron chi connectivity index (χ4n) is 1.24. The lowest BCUT2D eigenvalue weighted by Gasteiger charge is -2.05. The Balaban J connectivity index is 2.58. The lowest BCUT2D eigenvalue weighted by atomic mass is 10.2. The molecule has 0 saturated carbocycles. The van der Waals surface area contributed by atoms with Gasteiger partial charge in [-0.15, -0.1) is 11.3 Å². The molecule has 0 bridgehead atoms. The Morgan fingerprint density at radius 1 is 1.50 bits per heavy atom. The largest absolute Gasteiger partial charge is 0.398 e. The standard InChI is InChI=1S/C9H7BrN4OS/c10-7-6(8(12)15)4(11)3-5(14-7)9-13-1-2-16-9/h1-3H,(H2,11,14)(H2,12,15). The number of anilines is 1. The highest BCUT2D eigenvalue weighted by atomic mass is 79.9. The molecule has 1 amide bonds. The Morgan fingerprint density at radius 2 is 2.25 bits per heavy atom. The second-order valence-electron chi connectivity index (χ2n) is 2.96. The Morgan fingerprint density at radius 3 is 2.75 bits per heavy atom. The number of nitrogens with two attached hydrogens (primary N) is 2. The zero-order chi connectivity index (χ0) is 11.7. The fraction of sp³-hybridized carbons (Fsp3) is 0. The van der Waals surface area contributed by atoms with Crippen molar-refractivity contribution in [1.29, 1.82) is 0 Å². The van der Waals surface area contributed by atoms with Crippen LogP contribution in [-0.2, 0) is 0 Å². The van der Waals surface area contributed by atoms with Gasteiger partial charge in [-0.2, -0.15) is 0 Å². The van der Waals surface area contributed by atoms with Crippen molar-refractivity contribution in [2.24, 2.45) is 5.73 Å². The lowest BCUT2D eigenvalue weighted by molar-refractivity contribution is 0.1000. The molecule has 0 aliphatic heterocycles. The molecule has 16 heavy (non-hydrogen) atoms. The van der Waals surface area contributed by atoms with Gasteiger partial charge in [0.1, 0.15) is 15.3 Å². The molecule has 4 N–H and O–H groups in total. The number of amides is 1. The summed E-state index contributed by atoms with van der Waals surface area (Å²) in [6, 6.07) is 1.59. The van der Waals surface area contributed by atoms with Gasteiger partial charge < -0.3 is 11.5 Å². The van der Waals surface area contributed by atoms with Crippen LogP contribution in [-0.4, -0.2) is 15.9 Å². The molecule has 0 aliphatic carbocycles. The average molecular weight is 299 g/mol. The monoisotopic (exact) mass is 298 g/mol. The first-order valence-corrected chi connectivity index (χ1v) is 5.92. The number of pyridine rings is 1. The van der Waals surface area contributed by atoms with Gasteiger partial charge in [-0.05, 0) is 22.0 Å². The second-order valence-corrected chi connectivity index (χ2v) is 4.61. The van der Waals surface area contributed by atoms with Gasteiger partial charge >= 0.3 is 0 Å². The minimum atomic E-state index is -0.609. The maximum Gasteiger partial charge on any atom is 0.253 e. The van der Waals surface area contributed by atoms with E-state index >= 15 is 0 Å². The van der Waals surface area contributed by atoms with Gasteiger partial charge in [0.2, 0.25) is 0 Å². The zero-order valence-electron chi connectivity index (χ0n) is 7.98. The SMILES string of the molecule is NC(=O)c1c(N)cc(-c2nccs2)nc1Br. The van der Waals surface area contributed by atoms with Crippen LogP contribution in [0.4, 0.5) is 5.69 Å². The number of primary amides is 1. The number of aromatic nitrogens is 2. The van der Waals surface area contributed by atoms with Crippen LogP contribution in [0, 0.1) is 0 Å². The van der Waals surface area contributed by atoms with Crippen molar-refractivity contribution >= 4 is 38.9 Å². The van der Waals surface area contributed by atoms with E-state index in [0.717, 1.165) is 5.01 Å². The number of hydrogen-bond donors (Lipinski definition) is 2. The third-order valence-corrected chi connectivity index (χ3v) is 3.27. The van der Waals surface area contributed by atoms with E-state index in [-0.39, 0.29) is 5.56 Å². The van der Waals surface area contributed by atoms with Crippen LogP contribution in [0.3, 0.4) is 0 Å². The van der Waals surface area contributed by atoms with Crippen molar-refractivity contribution in [2.45, 2.75) is 0 Å². The molecule has 0 unspecified atom stereocenters. The van der Waals surface area contributed by atoms with Crippen LogP contribution < -0.4 is 11.5 Å². The molecular weight excluding hydrogens is 292 g/mol. The summed E-state index contributed by atoms with van der Waals surface area (Å²) in [6.07, 6.45) is 1.67. The third-order valence-electron chi connectivity index (χ3n) is 1.90. The minimum Gasteiger partial charge on any atom is -0.398 e. The molecule has 7 heteroatoms. The molecule has 0 aliphatic rings. The van der Waals surface area contributed by atoms with Crippen molar-refractivity contribution in [1.82, 2.24) is 9.97 Å². The number of rotatable bonds is 2. The van der Waals surface area contributed by atoms with Gasteiger partial charge in [-0.1, -0.05) is 0 Å². The number of carbonyl (C=O) groups is 1. The highest BCUT2D eigenvalue weighted by Gasteiger charge is 2.15. The average Bonchev–Trinajstić information content (AvgIpc) is 2.67. The fourth-order valence-corrected chi connectivity index (χ4v) is 2.45. The van der Waals surface area contributed by atoms with Gasteiger partial charge in [0, 0.05) is 17.3 Å². The van der Waals surface area contributed by atoms with E-state index in [4.69, 9.17) is 11.5 Å². The molecule has 82 valence electrons. The van der Waals surface area contributed by atoms with Crippen LogP contribution in [0.2, 0.25) is 0 Å². The number of nitrogen functional groups attached to an aromatic ring is 1. The first-order chi connectivity index (χ1) is 7.59. The Bertz CT molecular complexity index is 517. The molecule has 2 rings (SSSR count). The Kier molecular flexibility index (Phi) is 2.88. The maximum absolute atomic E-state index is 11.1. The first-order valence-electron chi connectivity index (χ1n) is 4.25. The van der Waals surface area contributed by atoms with Gasteiger partial charge in [0.05, 0.1) is 5.56 Å². The smallest absolute Gasteiger partial charge is 0.253 e. The van der Waals surface area contributed by atoms with Crippen LogP contribution >= 0.6 is 27.3 Å². The van der Waals surface area contributed by atoms with Crippen LogP contribution in [0.25, 0.3) is 10.7 Å². The lowest BCUT2D eigenvalue weighted by Crippen LogP contribution is -2.15. The number of nitrogens with zero attached hydrogens (tertiary/aromatic N) is 2. The topological polar surface area (TPSA) is 94.9 Å². The predicted molar refractivity (Wildman–Crippen MR) is 66.0 cm³/mol. The van der Waals surface area contributed by atoms with E-state index < -0.39 is 5.91 Å². The molecule has 0 radical (unpaired) electrons.